The van der Waals surface area contributed by atoms with Gasteiger partial charge in [-0.1, -0.05) is 44.2 Å². The van der Waals surface area contributed by atoms with Crippen LogP contribution in [0.4, 0.5) is 0 Å². The zero-order valence-corrected chi connectivity index (χ0v) is 18.5. The number of hydrogen-bond acceptors (Lipinski definition) is 4. The molecule has 1 aliphatic heterocycles. The van der Waals surface area contributed by atoms with E-state index in [0.29, 0.717) is 19.4 Å². The lowest BCUT2D eigenvalue weighted by atomic mass is 10.0. The molecular formula is C22H34N4O4. The Bertz CT molecular complexity index is 727. The first kappa shape index (κ1) is 25.1. The van der Waals surface area contributed by atoms with E-state index in [9.17, 15) is 19.2 Å². The van der Waals surface area contributed by atoms with Gasteiger partial charge in [0.25, 0.3) is 0 Å². The fourth-order valence-corrected chi connectivity index (χ4v) is 3.49. The van der Waals surface area contributed by atoms with Gasteiger partial charge in [-0.3, -0.25) is 19.2 Å². The van der Waals surface area contributed by atoms with Crippen molar-refractivity contribution in [1.82, 2.24) is 15.1 Å². The molecule has 8 nitrogen and oxygen atoms in total. The molecule has 0 aromatic heterocycles. The standard InChI is InChI=1S/C22H34N4O4/c1-6-7-8-9-10-13-18(27)25(5)19(15(2)3)21(29)24-16(4)22(30)26-14-11-12-17(26)20(23)28/h6-10,13,15-17,19H,11-12,14H2,1-5H3,(H2,23,28)(H,24,29)/b7-6+,9-8+,13-10+/t16-,17-,19+/m1/s1. The van der Waals surface area contributed by atoms with Crippen LogP contribution in [0.5, 0.6) is 0 Å². The van der Waals surface area contributed by atoms with Crippen molar-refractivity contribution in [3.8, 4) is 0 Å². The molecule has 8 heteroatoms. The van der Waals surface area contributed by atoms with Crippen LogP contribution in [0.3, 0.4) is 0 Å². The largest absolute Gasteiger partial charge is 0.368 e. The molecule has 0 bridgehead atoms. The third-order valence-corrected chi connectivity index (χ3v) is 5.02. The van der Waals surface area contributed by atoms with Crippen molar-refractivity contribution >= 4 is 23.6 Å². The van der Waals surface area contributed by atoms with Crippen LogP contribution in [0.25, 0.3) is 0 Å². The third-order valence-electron chi connectivity index (χ3n) is 5.02. The first-order valence-electron chi connectivity index (χ1n) is 10.2. The fourth-order valence-electron chi connectivity index (χ4n) is 3.49. The van der Waals surface area contributed by atoms with Gasteiger partial charge in [-0.15, -0.1) is 0 Å². The summed E-state index contributed by atoms with van der Waals surface area (Å²) in [4.78, 5) is 52.4. The second kappa shape index (κ2) is 11.9. The van der Waals surface area contributed by atoms with Crippen LogP contribution in [0.15, 0.2) is 36.5 Å². The Balaban J connectivity index is 2.82. The Hall–Kier alpha value is -2.90. The zero-order valence-electron chi connectivity index (χ0n) is 18.5. The van der Waals surface area contributed by atoms with Gasteiger partial charge in [0, 0.05) is 19.7 Å². The maximum Gasteiger partial charge on any atom is 0.246 e. The van der Waals surface area contributed by atoms with Gasteiger partial charge >= 0.3 is 0 Å². The lowest BCUT2D eigenvalue weighted by molar-refractivity contribution is -0.142. The summed E-state index contributed by atoms with van der Waals surface area (Å²) < 4.78 is 0. The second-order valence-electron chi connectivity index (χ2n) is 7.73. The molecule has 1 fully saturated rings. The van der Waals surface area contributed by atoms with E-state index in [4.69, 9.17) is 5.73 Å². The molecule has 1 aliphatic rings. The predicted molar refractivity (Wildman–Crippen MR) is 116 cm³/mol. The van der Waals surface area contributed by atoms with Gasteiger partial charge in [0.1, 0.15) is 18.1 Å². The summed E-state index contributed by atoms with van der Waals surface area (Å²) in [6.07, 6.45) is 11.4. The topological polar surface area (TPSA) is 113 Å². The van der Waals surface area contributed by atoms with Crippen LogP contribution in [0, 0.1) is 5.92 Å². The number of amides is 4. The summed E-state index contributed by atoms with van der Waals surface area (Å²) in [5, 5.41) is 2.69. The highest BCUT2D eigenvalue weighted by atomic mass is 16.2. The van der Waals surface area contributed by atoms with Gasteiger partial charge in [0.15, 0.2) is 0 Å². The van der Waals surface area contributed by atoms with Crippen molar-refractivity contribution in [2.75, 3.05) is 13.6 Å². The molecule has 0 spiro atoms. The van der Waals surface area contributed by atoms with Crippen LogP contribution in [-0.4, -0.2) is 65.1 Å². The van der Waals surface area contributed by atoms with Gasteiger partial charge in [0.2, 0.25) is 23.6 Å². The van der Waals surface area contributed by atoms with Crippen LogP contribution in [0.2, 0.25) is 0 Å². The van der Waals surface area contributed by atoms with Crippen LogP contribution < -0.4 is 11.1 Å². The number of likely N-dealkylation sites (tertiary alicyclic amines) is 1. The van der Waals surface area contributed by atoms with E-state index in [1.165, 1.54) is 15.9 Å². The Morgan fingerprint density at radius 2 is 1.73 bits per heavy atom. The maximum atomic E-state index is 12.9. The van der Waals surface area contributed by atoms with Crippen molar-refractivity contribution in [1.29, 1.82) is 0 Å². The first-order chi connectivity index (χ1) is 14.1. The number of hydrogen-bond donors (Lipinski definition) is 2. The molecule has 0 aliphatic carbocycles. The summed E-state index contributed by atoms with van der Waals surface area (Å²) in [6.45, 7) is 7.56. The molecule has 1 heterocycles. The van der Waals surface area contributed by atoms with Gasteiger partial charge in [-0.05, 0) is 32.6 Å². The molecule has 0 aromatic rings. The Labute approximate surface area is 178 Å². The number of carbonyl (C=O) groups excluding carboxylic acids is 4. The van der Waals surface area contributed by atoms with Crippen molar-refractivity contribution < 1.29 is 19.2 Å². The van der Waals surface area contributed by atoms with Crippen LogP contribution >= 0.6 is 0 Å². The number of nitrogens with one attached hydrogen (secondary N) is 1. The van der Waals surface area contributed by atoms with Gasteiger partial charge in [-0.25, -0.2) is 0 Å². The first-order valence-corrected chi connectivity index (χ1v) is 10.2. The van der Waals surface area contributed by atoms with E-state index in [0.717, 1.165) is 0 Å². The van der Waals surface area contributed by atoms with Gasteiger partial charge in [-0.2, -0.15) is 0 Å². The molecule has 0 saturated carbocycles. The van der Waals surface area contributed by atoms with Crippen molar-refractivity contribution in [2.24, 2.45) is 11.7 Å². The molecule has 3 N–H and O–H groups in total. The van der Waals surface area contributed by atoms with E-state index in [1.807, 2.05) is 32.9 Å². The highest BCUT2D eigenvalue weighted by molar-refractivity contribution is 5.96. The molecule has 4 amide bonds. The van der Waals surface area contributed by atoms with E-state index < -0.39 is 29.9 Å². The zero-order chi connectivity index (χ0) is 22.8. The Morgan fingerprint density at radius 3 is 2.30 bits per heavy atom. The van der Waals surface area contributed by atoms with E-state index in [-0.39, 0.29) is 17.7 Å². The molecule has 1 rings (SSSR count). The number of carbonyl (C=O) groups is 4. The number of nitrogens with two attached hydrogens (primary N) is 1. The number of rotatable bonds is 9. The smallest absolute Gasteiger partial charge is 0.246 e. The highest BCUT2D eigenvalue weighted by Crippen LogP contribution is 2.18. The molecular weight excluding hydrogens is 384 g/mol. The lowest BCUT2D eigenvalue weighted by Crippen LogP contribution is -2.56. The second-order valence-corrected chi connectivity index (χ2v) is 7.73. The number of primary amides is 1. The summed E-state index contributed by atoms with van der Waals surface area (Å²) in [5.74, 6) is -1.80. The summed E-state index contributed by atoms with van der Waals surface area (Å²) in [5.41, 5.74) is 5.38. The van der Waals surface area contributed by atoms with E-state index in [2.05, 4.69) is 5.32 Å². The number of nitrogens with zero attached hydrogens (tertiary/aromatic N) is 2. The minimum Gasteiger partial charge on any atom is -0.368 e. The highest BCUT2D eigenvalue weighted by Gasteiger charge is 2.36. The number of allylic oxidation sites excluding steroid dienone is 5. The molecule has 0 radical (unpaired) electrons. The summed E-state index contributed by atoms with van der Waals surface area (Å²) in [7, 11) is 1.56. The van der Waals surface area contributed by atoms with Crippen molar-refractivity contribution in [2.45, 2.75) is 58.7 Å². The van der Waals surface area contributed by atoms with Crippen molar-refractivity contribution in [3.63, 3.8) is 0 Å². The molecule has 30 heavy (non-hydrogen) atoms. The average molecular weight is 419 g/mol. The van der Waals surface area contributed by atoms with Gasteiger partial charge in [0.05, 0.1) is 0 Å². The molecule has 0 aromatic carbocycles. The molecule has 3 atom stereocenters. The lowest BCUT2D eigenvalue weighted by Gasteiger charge is -2.31. The fraction of sp³-hybridized carbons (Fsp3) is 0.545. The minimum absolute atomic E-state index is 0.168. The predicted octanol–water partition coefficient (Wildman–Crippen LogP) is 1.14. The molecule has 1 saturated heterocycles. The number of likely N-dealkylation sites (N-methyl/N-ethyl adjacent to an activating group) is 1. The molecule has 166 valence electrons. The van der Waals surface area contributed by atoms with Crippen LogP contribution in [0.1, 0.15) is 40.5 Å². The quantitative estimate of drug-likeness (QED) is 0.432. The van der Waals surface area contributed by atoms with Crippen molar-refractivity contribution in [3.05, 3.63) is 36.5 Å². The normalized spacial score (nSPS) is 19.0. The minimum atomic E-state index is -0.832. The van der Waals surface area contributed by atoms with Crippen LogP contribution in [-0.2, 0) is 19.2 Å². The Morgan fingerprint density at radius 1 is 1.10 bits per heavy atom. The monoisotopic (exact) mass is 418 g/mol. The average Bonchev–Trinajstić information content (AvgIpc) is 3.16. The molecule has 0 unspecified atom stereocenters. The summed E-state index contributed by atoms with van der Waals surface area (Å²) >= 11 is 0. The Kier molecular flexibility index (Phi) is 10.0. The SMILES string of the molecule is C/C=C/C=C/C=C/C(=O)N(C)[C@H](C(=O)N[C@H](C)C(=O)N1CCC[C@@H]1C(N)=O)C(C)C. The third kappa shape index (κ3) is 6.86. The van der Waals surface area contributed by atoms with E-state index >= 15 is 0 Å². The maximum absolute atomic E-state index is 12.9. The summed E-state index contributed by atoms with van der Waals surface area (Å²) in [6, 6.07) is -2.22. The van der Waals surface area contributed by atoms with E-state index in [1.54, 1.807) is 32.2 Å². The van der Waals surface area contributed by atoms with Gasteiger partial charge < -0.3 is 20.9 Å².